The molecule has 2 aliphatic heterocycles. The lowest BCUT2D eigenvalue weighted by Crippen LogP contribution is -2.37. The summed E-state index contributed by atoms with van der Waals surface area (Å²) >= 11 is 0. The molecule has 0 saturated carbocycles. The maximum absolute atomic E-state index is 4.50. The topological polar surface area (TPSA) is 39.7 Å². The van der Waals surface area contributed by atoms with Gasteiger partial charge in [-0.25, -0.2) is 0 Å². The molecule has 20 heavy (non-hydrogen) atoms. The zero-order valence-corrected chi connectivity index (χ0v) is 14.4. The van der Waals surface area contributed by atoms with E-state index in [1.165, 1.54) is 71.0 Å². The maximum atomic E-state index is 4.50. The second-order valence-electron chi connectivity index (χ2n) is 5.75. The van der Waals surface area contributed by atoms with Crippen molar-refractivity contribution in [2.45, 2.75) is 51.4 Å². The van der Waals surface area contributed by atoms with Crippen LogP contribution in [0.1, 0.15) is 51.4 Å². The van der Waals surface area contributed by atoms with E-state index in [0.717, 1.165) is 25.6 Å². The van der Waals surface area contributed by atoms with Crippen molar-refractivity contribution in [2.75, 3.05) is 39.3 Å². The van der Waals surface area contributed by atoms with Crippen molar-refractivity contribution in [1.29, 1.82) is 0 Å². The Morgan fingerprint density at radius 1 is 1.00 bits per heavy atom. The summed E-state index contributed by atoms with van der Waals surface area (Å²) in [4.78, 5) is 7.13. The summed E-state index contributed by atoms with van der Waals surface area (Å²) in [5.74, 6) is 1.02. The van der Waals surface area contributed by atoms with Gasteiger partial charge in [0.1, 0.15) is 0 Å². The van der Waals surface area contributed by atoms with Crippen LogP contribution in [0.2, 0.25) is 0 Å². The van der Waals surface area contributed by atoms with Gasteiger partial charge in [0.15, 0.2) is 5.96 Å². The van der Waals surface area contributed by atoms with Crippen molar-refractivity contribution in [3.63, 3.8) is 0 Å². The van der Waals surface area contributed by atoms with Gasteiger partial charge in [-0.3, -0.25) is 4.99 Å². The Bertz CT molecular complexity index is 265. The molecule has 2 aliphatic rings. The highest BCUT2D eigenvalue weighted by molar-refractivity contribution is 8.93. The molecule has 0 bridgehead atoms. The third-order valence-electron chi connectivity index (χ3n) is 4.04. The van der Waals surface area contributed by atoms with Gasteiger partial charge >= 0.3 is 0 Å². The van der Waals surface area contributed by atoms with Crippen molar-refractivity contribution in [2.24, 2.45) is 4.99 Å². The second-order valence-corrected chi connectivity index (χ2v) is 5.75. The average Bonchev–Trinajstić information content (AvgIpc) is 2.72. The first-order valence-electron chi connectivity index (χ1n) is 8.20. The van der Waals surface area contributed by atoms with Gasteiger partial charge in [-0.05, 0) is 58.2 Å². The summed E-state index contributed by atoms with van der Waals surface area (Å²) in [6.07, 6.45) is 10.7. The molecule has 0 spiro atoms. The standard InChI is InChI=1S/C15H30N4.BrH/c1(6-12-19-13-7-2-8-14-19)3-9-16-15-17-10-4-5-11-18-15;/h1-14H2,(H2,16,17,18);1H. The fraction of sp³-hybridized carbons (Fsp3) is 0.933. The molecule has 1 saturated heterocycles. The predicted octanol–water partition coefficient (Wildman–Crippen LogP) is 2.55. The van der Waals surface area contributed by atoms with Crippen molar-refractivity contribution in [1.82, 2.24) is 15.5 Å². The van der Waals surface area contributed by atoms with Crippen LogP contribution < -0.4 is 10.6 Å². The van der Waals surface area contributed by atoms with Gasteiger partial charge in [0.05, 0.1) is 0 Å². The minimum Gasteiger partial charge on any atom is -0.356 e. The van der Waals surface area contributed by atoms with E-state index in [0.29, 0.717) is 0 Å². The molecule has 2 heterocycles. The summed E-state index contributed by atoms with van der Waals surface area (Å²) in [5.41, 5.74) is 0. The molecule has 4 nitrogen and oxygen atoms in total. The van der Waals surface area contributed by atoms with Crippen LogP contribution in [0.25, 0.3) is 0 Å². The molecule has 0 atom stereocenters. The zero-order valence-electron chi connectivity index (χ0n) is 12.7. The summed E-state index contributed by atoms with van der Waals surface area (Å²) in [7, 11) is 0. The van der Waals surface area contributed by atoms with Gasteiger partial charge in [0, 0.05) is 19.6 Å². The number of likely N-dealkylation sites (tertiary alicyclic amines) is 1. The van der Waals surface area contributed by atoms with E-state index in [1.807, 2.05) is 0 Å². The van der Waals surface area contributed by atoms with Gasteiger partial charge in [-0.1, -0.05) is 12.8 Å². The van der Waals surface area contributed by atoms with E-state index >= 15 is 0 Å². The van der Waals surface area contributed by atoms with Crippen molar-refractivity contribution in [3.05, 3.63) is 0 Å². The Kier molecular flexibility index (Phi) is 10.1. The third kappa shape index (κ3) is 7.48. The normalized spacial score (nSPS) is 20.3. The quantitative estimate of drug-likeness (QED) is 0.726. The molecule has 118 valence electrons. The highest BCUT2D eigenvalue weighted by atomic mass is 79.9. The molecule has 0 amide bonds. The lowest BCUT2D eigenvalue weighted by atomic mass is 10.1. The molecule has 2 rings (SSSR count). The maximum Gasteiger partial charge on any atom is 0.191 e. The van der Waals surface area contributed by atoms with Crippen molar-refractivity contribution >= 4 is 22.9 Å². The SMILES string of the molecule is Br.C(CCNC1=NCCCCN1)CCN1CCCCC1. The lowest BCUT2D eigenvalue weighted by Gasteiger charge is -2.26. The molecule has 0 radical (unpaired) electrons. The molecule has 0 aliphatic carbocycles. The fourth-order valence-corrected chi connectivity index (χ4v) is 2.84. The van der Waals surface area contributed by atoms with Gasteiger partial charge in [0.25, 0.3) is 0 Å². The average molecular weight is 347 g/mol. The predicted molar refractivity (Wildman–Crippen MR) is 92.0 cm³/mol. The highest BCUT2D eigenvalue weighted by Gasteiger charge is 2.08. The van der Waals surface area contributed by atoms with Crippen LogP contribution in [0.5, 0.6) is 0 Å². The van der Waals surface area contributed by atoms with Gasteiger partial charge < -0.3 is 15.5 Å². The molecule has 5 heteroatoms. The number of aliphatic imine (C=N–C) groups is 1. The van der Waals surface area contributed by atoms with E-state index in [2.05, 4.69) is 20.5 Å². The number of nitrogens with zero attached hydrogens (tertiary/aromatic N) is 2. The molecular weight excluding hydrogens is 316 g/mol. The van der Waals surface area contributed by atoms with E-state index in [-0.39, 0.29) is 17.0 Å². The monoisotopic (exact) mass is 346 g/mol. The Labute approximate surface area is 134 Å². The largest absolute Gasteiger partial charge is 0.356 e. The molecular formula is C15H31BrN4. The van der Waals surface area contributed by atoms with Crippen LogP contribution in [0, 0.1) is 0 Å². The summed E-state index contributed by atoms with van der Waals surface area (Å²) in [5, 5.41) is 6.78. The Hall–Kier alpha value is -0.290. The molecule has 0 aromatic carbocycles. The van der Waals surface area contributed by atoms with Crippen molar-refractivity contribution < 1.29 is 0 Å². The Morgan fingerprint density at radius 2 is 1.85 bits per heavy atom. The third-order valence-corrected chi connectivity index (χ3v) is 4.04. The minimum absolute atomic E-state index is 0. The first-order valence-corrected chi connectivity index (χ1v) is 8.20. The fourth-order valence-electron chi connectivity index (χ4n) is 2.84. The molecule has 0 aromatic rings. The lowest BCUT2D eigenvalue weighted by molar-refractivity contribution is 0.224. The minimum atomic E-state index is 0. The van der Waals surface area contributed by atoms with Gasteiger partial charge in [-0.15, -0.1) is 17.0 Å². The Morgan fingerprint density at radius 3 is 2.70 bits per heavy atom. The number of hydrogen-bond donors (Lipinski definition) is 2. The number of halogens is 1. The van der Waals surface area contributed by atoms with E-state index in [4.69, 9.17) is 0 Å². The van der Waals surface area contributed by atoms with Crippen LogP contribution in [0.4, 0.5) is 0 Å². The van der Waals surface area contributed by atoms with Crippen molar-refractivity contribution in [3.8, 4) is 0 Å². The van der Waals surface area contributed by atoms with Gasteiger partial charge in [0.2, 0.25) is 0 Å². The number of hydrogen-bond acceptors (Lipinski definition) is 4. The van der Waals surface area contributed by atoms with E-state index in [9.17, 15) is 0 Å². The van der Waals surface area contributed by atoms with E-state index in [1.54, 1.807) is 0 Å². The smallest absolute Gasteiger partial charge is 0.191 e. The van der Waals surface area contributed by atoms with Gasteiger partial charge in [-0.2, -0.15) is 0 Å². The molecule has 0 unspecified atom stereocenters. The summed E-state index contributed by atoms with van der Waals surface area (Å²) in [6, 6.07) is 0. The number of nitrogens with one attached hydrogen (secondary N) is 2. The first kappa shape index (κ1) is 17.8. The summed E-state index contributed by atoms with van der Waals surface area (Å²) < 4.78 is 0. The molecule has 2 N–H and O–H groups in total. The zero-order chi connectivity index (χ0) is 13.2. The number of unbranched alkanes of at least 4 members (excludes halogenated alkanes) is 2. The highest BCUT2D eigenvalue weighted by Crippen LogP contribution is 2.09. The van der Waals surface area contributed by atoms with Crippen LogP contribution in [-0.2, 0) is 0 Å². The molecule has 0 aromatic heterocycles. The molecule has 1 fully saturated rings. The summed E-state index contributed by atoms with van der Waals surface area (Å²) in [6.45, 7) is 7.08. The number of piperidine rings is 1. The Balaban J connectivity index is 0.00000200. The number of guanidine groups is 1. The first-order chi connectivity index (χ1) is 9.45. The van der Waals surface area contributed by atoms with Crippen LogP contribution >= 0.6 is 17.0 Å². The van der Waals surface area contributed by atoms with Crippen LogP contribution in [0.3, 0.4) is 0 Å². The second kappa shape index (κ2) is 11.4. The van der Waals surface area contributed by atoms with E-state index < -0.39 is 0 Å². The van der Waals surface area contributed by atoms with Crippen LogP contribution in [0.15, 0.2) is 4.99 Å². The number of rotatable bonds is 6. The van der Waals surface area contributed by atoms with Crippen LogP contribution in [-0.4, -0.2) is 50.1 Å².